The summed E-state index contributed by atoms with van der Waals surface area (Å²) >= 11 is 8.47. The van der Waals surface area contributed by atoms with Gasteiger partial charge in [0, 0.05) is 76.5 Å². The molecule has 9 heteroatoms. The molecule has 0 aliphatic carbocycles. The molecule has 0 spiro atoms. The molecule has 2 N–H and O–H groups in total. The van der Waals surface area contributed by atoms with Crippen LogP contribution in [0.2, 0.25) is 0 Å². The number of halogens is 3. The number of aromatic nitrogens is 2. The Labute approximate surface area is 215 Å². The van der Waals surface area contributed by atoms with E-state index in [0.717, 1.165) is 65.8 Å². The summed E-state index contributed by atoms with van der Waals surface area (Å²) in [6.07, 6.45) is 6.48. The Balaban J connectivity index is 1.80. The summed E-state index contributed by atoms with van der Waals surface area (Å²) in [4.78, 5) is 7.07. The van der Waals surface area contributed by atoms with E-state index < -0.39 is 0 Å². The van der Waals surface area contributed by atoms with Crippen LogP contribution in [0.25, 0.3) is 27.7 Å². The van der Waals surface area contributed by atoms with Crippen LogP contribution in [0.3, 0.4) is 0 Å². The summed E-state index contributed by atoms with van der Waals surface area (Å²) in [7, 11) is 3.68. The lowest BCUT2D eigenvalue weighted by Gasteiger charge is -2.29. The van der Waals surface area contributed by atoms with Gasteiger partial charge in [0.05, 0.1) is 0 Å². The van der Waals surface area contributed by atoms with Gasteiger partial charge in [-0.2, -0.15) is 0 Å². The maximum atomic E-state index is 14.1. The third kappa shape index (κ3) is 5.23. The monoisotopic (exact) mass is 597 g/mol. The molecule has 33 heavy (non-hydrogen) atoms. The molecule has 3 aromatic rings. The van der Waals surface area contributed by atoms with E-state index in [-0.39, 0.29) is 11.0 Å². The second-order valence-electron chi connectivity index (χ2n) is 8.26. The van der Waals surface area contributed by atoms with Gasteiger partial charge in [-0.3, -0.25) is 9.38 Å². The zero-order valence-electron chi connectivity index (χ0n) is 18.5. The van der Waals surface area contributed by atoms with Gasteiger partial charge in [-0.25, -0.2) is 9.37 Å². The van der Waals surface area contributed by atoms with E-state index in [4.69, 9.17) is 22.0 Å². The maximum absolute atomic E-state index is 14.1. The molecule has 0 unspecified atom stereocenters. The number of allylic oxidation sites excluding steroid dienone is 1. The van der Waals surface area contributed by atoms with Crippen molar-refractivity contribution in [2.45, 2.75) is 32.2 Å². The zero-order chi connectivity index (χ0) is 23.5. The van der Waals surface area contributed by atoms with Crippen LogP contribution in [0.1, 0.15) is 31.0 Å². The molecule has 1 saturated heterocycles. The molecule has 0 atom stereocenters. The summed E-state index contributed by atoms with van der Waals surface area (Å²) in [5.41, 5.74) is 5.04. The number of nitrogens with zero attached hydrogens (tertiary/aromatic N) is 3. The largest absolute Gasteiger partial charge is 0.387 e. The van der Waals surface area contributed by atoms with Gasteiger partial charge in [-0.15, -0.1) is 0 Å². The number of piperidine rings is 1. The van der Waals surface area contributed by atoms with Gasteiger partial charge < -0.3 is 10.2 Å². The molecule has 4 rings (SSSR count). The molecule has 174 valence electrons. The molecular weight excluding hydrogens is 572 g/mol. The van der Waals surface area contributed by atoms with Crippen molar-refractivity contribution in [2.75, 3.05) is 20.1 Å². The average molecular weight is 598 g/mol. The van der Waals surface area contributed by atoms with E-state index in [1.54, 1.807) is 27.4 Å². The van der Waals surface area contributed by atoms with Crippen LogP contribution in [0.4, 0.5) is 4.39 Å². The van der Waals surface area contributed by atoms with Gasteiger partial charge in [-0.1, -0.05) is 30.7 Å². The first kappa shape index (κ1) is 24.5. The van der Waals surface area contributed by atoms with Crippen LogP contribution in [-0.2, 0) is 6.42 Å². The number of hydrogen-bond donors (Lipinski definition) is 2. The predicted molar refractivity (Wildman–Crippen MR) is 147 cm³/mol. The Morgan fingerprint density at radius 1 is 1.36 bits per heavy atom. The summed E-state index contributed by atoms with van der Waals surface area (Å²) in [6, 6.07) is 9.04. The topological polar surface area (TPSA) is 56.9 Å². The first-order valence-corrected chi connectivity index (χ1v) is 14.6. The Bertz CT molecular complexity index is 1200. The number of benzene rings is 1. The number of hydrogen-bond acceptors (Lipinski definition) is 5. The molecule has 0 saturated carbocycles. The average Bonchev–Trinajstić information content (AvgIpc) is 3.13. The van der Waals surface area contributed by atoms with Crippen LogP contribution in [0, 0.1) is 11.2 Å². The smallest absolute Gasteiger partial charge is 0.151 e. The Morgan fingerprint density at radius 3 is 2.76 bits per heavy atom. The fourth-order valence-corrected chi connectivity index (χ4v) is 6.30. The predicted octanol–water partition coefficient (Wildman–Crippen LogP) is 6.49. The van der Waals surface area contributed by atoms with Crippen molar-refractivity contribution in [3.05, 3.63) is 59.8 Å². The Hall–Kier alpha value is -1.62. The number of likely N-dealkylation sites (tertiary alicyclic amines) is 1. The van der Waals surface area contributed by atoms with Crippen LogP contribution < -0.4 is 5.32 Å². The van der Waals surface area contributed by atoms with E-state index in [1.807, 2.05) is 18.3 Å². The quantitative estimate of drug-likeness (QED) is 0.241. The lowest BCUT2D eigenvalue weighted by Crippen LogP contribution is -2.39. The zero-order valence-corrected chi connectivity index (χ0v) is 22.3. The van der Waals surface area contributed by atoms with Crippen molar-refractivity contribution in [1.29, 1.82) is 5.41 Å². The molecule has 1 aromatic carbocycles. The van der Waals surface area contributed by atoms with Crippen molar-refractivity contribution < 1.29 is 4.39 Å². The molecule has 0 bridgehead atoms. The van der Waals surface area contributed by atoms with Crippen LogP contribution >= 0.6 is 41.9 Å². The van der Waals surface area contributed by atoms with Crippen LogP contribution in [0.5, 0.6) is 0 Å². The van der Waals surface area contributed by atoms with Crippen molar-refractivity contribution in [3.8, 4) is 11.1 Å². The highest BCUT2D eigenvalue weighted by molar-refractivity contribution is 14.2. The van der Waals surface area contributed by atoms with Gasteiger partial charge in [0.1, 0.15) is 11.0 Å². The third-order valence-corrected chi connectivity index (χ3v) is 8.03. The normalized spacial score (nSPS) is 15.8. The van der Waals surface area contributed by atoms with Crippen molar-refractivity contribution in [2.24, 2.45) is 0 Å². The molecule has 5 nitrogen and oxygen atoms in total. The van der Waals surface area contributed by atoms with E-state index in [9.17, 15) is 4.39 Å². The van der Waals surface area contributed by atoms with Crippen molar-refractivity contribution in [3.63, 3.8) is 0 Å². The van der Waals surface area contributed by atoms with Gasteiger partial charge in [0.15, 0.2) is 5.65 Å². The third-order valence-electron chi connectivity index (χ3n) is 6.11. The lowest BCUT2D eigenvalue weighted by molar-refractivity contribution is 0.244. The Morgan fingerprint density at radius 2 is 2.12 bits per heavy atom. The van der Waals surface area contributed by atoms with Crippen LogP contribution in [0.15, 0.2) is 42.7 Å². The maximum Gasteiger partial charge on any atom is 0.151 e. The summed E-state index contributed by atoms with van der Waals surface area (Å²) in [5.74, 6) is -0.271. The molecule has 0 amide bonds. The number of pyridine rings is 1. The highest BCUT2D eigenvalue weighted by Crippen LogP contribution is 2.39. The second kappa shape index (κ2) is 10.8. The van der Waals surface area contributed by atoms with E-state index in [0.29, 0.717) is 11.6 Å². The second-order valence-corrected chi connectivity index (χ2v) is 10.3. The standard InChI is InChI=1S/C24H26ClFIN5S/c1-3-21-22(15-5-4-6-17(26)11-15)19-12-16(13-30-24(19)32(21)33-27)20(23(25)28)14-29-18-7-9-31(2)10-8-18/h4-6,11-14,18,28-29H,3,7-10H2,1-2H3/b20-14-,28-23?. The lowest BCUT2D eigenvalue weighted by atomic mass is 9.99. The minimum atomic E-state index is -0.271. The summed E-state index contributed by atoms with van der Waals surface area (Å²) in [6.45, 7) is 4.18. The Kier molecular flexibility index (Phi) is 7.99. The highest BCUT2D eigenvalue weighted by Gasteiger charge is 2.21. The number of fused-ring (bicyclic) bond motifs is 1. The van der Waals surface area contributed by atoms with Gasteiger partial charge in [0.2, 0.25) is 0 Å². The van der Waals surface area contributed by atoms with E-state index in [2.05, 4.69) is 49.4 Å². The minimum absolute atomic E-state index is 0.0395. The fraction of sp³-hybridized carbons (Fsp3) is 0.333. The van der Waals surface area contributed by atoms with Crippen molar-refractivity contribution >= 4 is 63.7 Å². The minimum Gasteiger partial charge on any atom is -0.387 e. The number of nitrogens with one attached hydrogen (secondary N) is 2. The number of rotatable bonds is 7. The molecule has 3 heterocycles. The highest BCUT2D eigenvalue weighted by atomic mass is 127. The SMILES string of the molecule is CCc1c(-c2cccc(F)c2)c2cc(/C(=C/NC3CCN(C)CC3)C(=N)Cl)cnc2n1SI. The van der Waals surface area contributed by atoms with Crippen molar-refractivity contribution in [1.82, 2.24) is 19.2 Å². The van der Waals surface area contributed by atoms with Gasteiger partial charge >= 0.3 is 0 Å². The fourth-order valence-electron chi connectivity index (χ4n) is 4.35. The van der Waals surface area contributed by atoms with E-state index in [1.165, 1.54) is 6.07 Å². The first-order valence-electron chi connectivity index (χ1n) is 10.9. The molecule has 1 aliphatic heterocycles. The molecule has 1 aliphatic rings. The van der Waals surface area contributed by atoms with E-state index >= 15 is 0 Å². The molecule has 0 radical (unpaired) electrons. The summed E-state index contributed by atoms with van der Waals surface area (Å²) < 4.78 is 16.2. The van der Waals surface area contributed by atoms with Gasteiger partial charge in [0.25, 0.3) is 0 Å². The molecule has 1 fully saturated rings. The van der Waals surface area contributed by atoms with Gasteiger partial charge in [-0.05, 0) is 63.2 Å². The molecular formula is C24H26ClFIN5S. The molecule has 2 aromatic heterocycles. The first-order chi connectivity index (χ1) is 15.9. The summed E-state index contributed by atoms with van der Waals surface area (Å²) in [5, 5.41) is 12.5. The van der Waals surface area contributed by atoms with Crippen LogP contribution in [-0.4, -0.2) is 45.2 Å².